The highest BCUT2D eigenvalue weighted by molar-refractivity contribution is 5.44. The molecule has 0 amide bonds. The van der Waals surface area contributed by atoms with E-state index in [4.69, 9.17) is 9.47 Å². The molecule has 1 N–H and O–H groups in total. The van der Waals surface area contributed by atoms with Crippen molar-refractivity contribution in [2.45, 2.75) is 13.3 Å². The summed E-state index contributed by atoms with van der Waals surface area (Å²) in [5.41, 5.74) is 3.22. The maximum Gasteiger partial charge on any atom is 0.122 e. The summed E-state index contributed by atoms with van der Waals surface area (Å²) in [6, 6.07) is 11.2. The lowest BCUT2D eigenvalue weighted by molar-refractivity contribution is 0.407. The van der Waals surface area contributed by atoms with E-state index in [1.807, 2.05) is 19.1 Å². The Hall–Kier alpha value is -2.16. The number of ether oxygens (including phenoxy) is 2. The van der Waals surface area contributed by atoms with Gasteiger partial charge in [0, 0.05) is 12.0 Å². The third kappa shape index (κ3) is 2.99. The van der Waals surface area contributed by atoms with Crippen LogP contribution in [0.15, 0.2) is 36.4 Å². The predicted molar refractivity (Wildman–Crippen MR) is 75.2 cm³/mol. The molecule has 0 aromatic heterocycles. The van der Waals surface area contributed by atoms with Gasteiger partial charge in [0.1, 0.15) is 17.2 Å². The van der Waals surface area contributed by atoms with Crippen LogP contribution in [0.3, 0.4) is 0 Å². The van der Waals surface area contributed by atoms with Crippen molar-refractivity contribution in [1.82, 2.24) is 0 Å². The SMILES string of the molecule is COc1ccc(Cc2cc(O)ccc2OC)cc1C. The molecule has 0 atom stereocenters. The van der Waals surface area contributed by atoms with Crippen molar-refractivity contribution in [3.63, 3.8) is 0 Å². The molecular weight excluding hydrogens is 240 g/mol. The molecule has 19 heavy (non-hydrogen) atoms. The molecule has 0 aliphatic rings. The van der Waals surface area contributed by atoms with Crippen LogP contribution in [0, 0.1) is 6.92 Å². The first-order chi connectivity index (χ1) is 9.13. The molecule has 100 valence electrons. The molecule has 0 saturated heterocycles. The van der Waals surface area contributed by atoms with Crippen LogP contribution >= 0.6 is 0 Å². The number of phenols is 1. The lowest BCUT2D eigenvalue weighted by Crippen LogP contribution is -1.95. The molecule has 0 spiro atoms. The third-order valence-corrected chi connectivity index (χ3v) is 3.12. The maximum absolute atomic E-state index is 9.57. The van der Waals surface area contributed by atoms with Gasteiger partial charge in [-0.2, -0.15) is 0 Å². The Bertz CT molecular complexity index is 576. The normalized spacial score (nSPS) is 10.3. The van der Waals surface area contributed by atoms with E-state index in [2.05, 4.69) is 6.07 Å². The predicted octanol–water partition coefficient (Wildman–Crippen LogP) is 3.31. The molecule has 2 aromatic carbocycles. The second-order valence-corrected chi connectivity index (χ2v) is 4.48. The van der Waals surface area contributed by atoms with E-state index in [1.165, 1.54) is 0 Å². The topological polar surface area (TPSA) is 38.7 Å². The van der Waals surface area contributed by atoms with E-state index >= 15 is 0 Å². The Morgan fingerprint density at radius 3 is 2.26 bits per heavy atom. The van der Waals surface area contributed by atoms with Gasteiger partial charge < -0.3 is 14.6 Å². The summed E-state index contributed by atoms with van der Waals surface area (Å²) in [6.07, 6.45) is 0.711. The molecule has 2 aromatic rings. The molecule has 0 saturated carbocycles. The van der Waals surface area contributed by atoms with E-state index in [1.54, 1.807) is 32.4 Å². The highest BCUT2D eigenvalue weighted by Gasteiger charge is 2.07. The van der Waals surface area contributed by atoms with E-state index < -0.39 is 0 Å². The van der Waals surface area contributed by atoms with Gasteiger partial charge in [0.2, 0.25) is 0 Å². The molecule has 0 aliphatic carbocycles. The fraction of sp³-hybridized carbons (Fsp3) is 0.250. The number of rotatable bonds is 4. The third-order valence-electron chi connectivity index (χ3n) is 3.12. The number of hydrogen-bond donors (Lipinski definition) is 1. The van der Waals surface area contributed by atoms with Crippen LogP contribution in [0.1, 0.15) is 16.7 Å². The van der Waals surface area contributed by atoms with Gasteiger partial charge >= 0.3 is 0 Å². The molecule has 0 bridgehead atoms. The largest absolute Gasteiger partial charge is 0.508 e. The Labute approximate surface area is 113 Å². The first kappa shape index (κ1) is 13.3. The molecule has 0 radical (unpaired) electrons. The zero-order valence-corrected chi connectivity index (χ0v) is 11.4. The first-order valence-electron chi connectivity index (χ1n) is 6.13. The zero-order valence-electron chi connectivity index (χ0n) is 11.4. The Balaban J connectivity index is 2.30. The zero-order chi connectivity index (χ0) is 13.8. The van der Waals surface area contributed by atoms with Crippen molar-refractivity contribution in [2.24, 2.45) is 0 Å². The van der Waals surface area contributed by atoms with Crippen LogP contribution in [0.25, 0.3) is 0 Å². The molecule has 0 aliphatic heterocycles. The van der Waals surface area contributed by atoms with Gasteiger partial charge in [-0.25, -0.2) is 0 Å². The lowest BCUT2D eigenvalue weighted by Gasteiger charge is -2.11. The van der Waals surface area contributed by atoms with Crippen molar-refractivity contribution in [1.29, 1.82) is 0 Å². The van der Waals surface area contributed by atoms with Gasteiger partial charge in [0.25, 0.3) is 0 Å². The number of methoxy groups -OCH3 is 2. The van der Waals surface area contributed by atoms with Crippen LogP contribution in [-0.2, 0) is 6.42 Å². The van der Waals surface area contributed by atoms with Crippen LogP contribution in [-0.4, -0.2) is 19.3 Å². The first-order valence-corrected chi connectivity index (χ1v) is 6.13. The minimum absolute atomic E-state index is 0.251. The number of phenolic OH excluding ortho intramolecular Hbond substituents is 1. The van der Waals surface area contributed by atoms with Gasteiger partial charge in [0.15, 0.2) is 0 Å². The van der Waals surface area contributed by atoms with E-state index in [-0.39, 0.29) is 5.75 Å². The van der Waals surface area contributed by atoms with E-state index in [0.717, 1.165) is 28.2 Å². The summed E-state index contributed by atoms with van der Waals surface area (Å²) in [6.45, 7) is 2.02. The van der Waals surface area contributed by atoms with Crippen molar-refractivity contribution in [3.8, 4) is 17.2 Å². The Kier molecular flexibility index (Phi) is 3.95. The highest BCUT2D eigenvalue weighted by Crippen LogP contribution is 2.27. The van der Waals surface area contributed by atoms with Crippen molar-refractivity contribution in [2.75, 3.05) is 14.2 Å². The Morgan fingerprint density at radius 1 is 0.947 bits per heavy atom. The van der Waals surface area contributed by atoms with E-state index in [0.29, 0.717) is 6.42 Å². The van der Waals surface area contributed by atoms with Gasteiger partial charge in [-0.3, -0.25) is 0 Å². The minimum Gasteiger partial charge on any atom is -0.508 e. The molecule has 3 nitrogen and oxygen atoms in total. The number of benzene rings is 2. The molecular formula is C16H18O3. The maximum atomic E-state index is 9.57. The summed E-state index contributed by atoms with van der Waals surface area (Å²) < 4.78 is 10.6. The molecule has 2 rings (SSSR count). The average molecular weight is 258 g/mol. The summed E-state index contributed by atoms with van der Waals surface area (Å²) in [5, 5.41) is 9.57. The quantitative estimate of drug-likeness (QED) is 0.914. The van der Waals surface area contributed by atoms with Crippen LogP contribution in [0.5, 0.6) is 17.2 Å². The number of hydrogen-bond acceptors (Lipinski definition) is 3. The van der Waals surface area contributed by atoms with Crippen molar-refractivity contribution >= 4 is 0 Å². The monoisotopic (exact) mass is 258 g/mol. The molecule has 0 heterocycles. The van der Waals surface area contributed by atoms with Crippen molar-refractivity contribution in [3.05, 3.63) is 53.1 Å². The Morgan fingerprint density at radius 2 is 1.63 bits per heavy atom. The van der Waals surface area contributed by atoms with Crippen LogP contribution in [0.2, 0.25) is 0 Å². The minimum atomic E-state index is 0.251. The van der Waals surface area contributed by atoms with Crippen LogP contribution in [0.4, 0.5) is 0 Å². The summed E-state index contributed by atoms with van der Waals surface area (Å²) in [5.74, 6) is 1.92. The van der Waals surface area contributed by atoms with Gasteiger partial charge in [0.05, 0.1) is 14.2 Å². The van der Waals surface area contributed by atoms with Gasteiger partial charge in [-0.1, -0.05) is 12.1 Å². The second kappa shape index (κ2) is 5.65. The summed E-state index contributed by atoms with van der Waals surface area (Å²) in [7, 11) is 3.30. The summed E-state index contributed by atoms with van der Waals surface area (Å²) in [4.78, 5) is 0. The molecule has 0 fully saturated rings. The number of aryl methyl sites for hydroxylation is 1. The smallest absolute Gasteiger partial charge is 0.122 e. The van der Waals surface area contributed by atoms with E-state index in [9.17, 15) is 5.11 Å². The number of aromatic hydroxyl groups is 1. The molecule has 0 unspecified atom stereocenters. The fourth-order valence-electron chi connectivity index (χ4n) is 2.17. The standard InChI is InChI=1S/C16H18O3/c1-11-8-12(4-6-15(11)18-2)9-13-10-14(17)5-7-16(13)19-3/h4-8,10,17H,9H2,1-3H3. The highest BCUT2D eigenvalue weighted by atomic mass is 16.5. The van der Waals surface area contributed by atoms with Gasteiger partial charge in [-0.05, 0) is 42.3 Å². The molecule has 3 heteroatoms. The summed E-state index contributed by atoms with van der Waals surface area (Å²) >= 11 is 0. The van der Waals surface area contributed by atoms with Crippen molar-refractivity contribution < 1.29 is 14.6 Å². The van der Waals surface area contributed by atoms with Gasteiger partial charge in [-0.15, -0.1) is 0 Å². The fourth-order valence-corrected chi connectivity index (χ4v) is 2.17. The lowest BCUT2D eigenvalue weighted by atomic mass is 10.0. The average Bonchev–Trinajstić information content (AvgIpc) is 2.39. The second-order valence-electron chi connectivity index (χ2n) is 4.48. The van der Waals surface area contributed by atoms with Crippen LogP contribution < -0.4 is 9.47 Å².